The van der Waals surface area contributed by atoms with Crippen molar-refractivity contribution in [3.8, 4) is 11.8 Å². The summed E-state index contributed by atoms with van der Waals surface area (Å²) in [6, 6.07) is 19.1. The molecule has 0 saturated carbocycles. The minimum Gasteiger partial charge on any atom is -0.488 e. The Balaban J connectivity index is 1.59. The van der Waals surface area contributed by atoms with Crippen molar-refractivity contribution >= 4 is 35.0 Å². The summed E-state index contributed by atoms with van der Waals surface area (Å²) in [5.41, 5.74) is 2.80. The van der Waals surface area contributed by atoms with Crippen LogP contribution in [0.15, 0.2) is 87.8 Å². The summed E-state index contributed by atoms with van der Waals surface area (Å²) in [6.45, 7) is 3.77. The Labute approximate surface area is 243 Å². The van der Waals surface area contributed by atoms with E-state index in [-0.39, 0.29) is 24.3 Å². The molecule has 4 aromatic rings. The first kappa shape index (κ1) is 28.0. The van der Waals surface area contributed by atoms with E-state index in [0.29, 0.717) is 42.5 Å². The van der Waals surface area contributed by atoms with Crippen LogP contribution in [0.4, 0.5) is 4.39 Å². The second-order valence-electron chi connectivity index (χ2n) is 9.13. The number of carbonyl (C=O) groups is 1. The fraction of sp³-hybridized carbons (Fsp3) is 0.161. The molecule has 0 bridgehead atoms. The van der Waals surface area contributed by atoms with E-state index in [1.807, 2.05) is 12.1 Å². The van der Waals surface area contributed by atoms with Crippen LogP contribution in [0.1, 0.15) is 42.1 Å². The third-order valence-electron chi connectivity index (χ3n) is 6.44. The third kappa shape index (κ3) is 5.85. The number of aromatic nitrogens is 1. The van der Waals surface area contributed by atoms with Gasteiger partial charge in [0.05, 0.1) is 40.1 Å². The molecule has 0 spiro atoms. The van der Waals surface area contributed by atoms with Crippen LogP contribution in [0, 0.1) is 17.1 Å². The Kier molecular flexibility index (Phi) is 8.15. The van der Waals surface area contributed by atoms with Crippen LogP contribution in [0.3, 0.4) is 0 Å². The van der Waals surface area contributed by atoms with Gasteiger partial charge in [0.2, 0.25) is 0 Å². The van der Waals surface area contributed by atoms with Crippen molar-refractivity contribution in [3.63, 3.8) is 0 Å². The summed E-state index contributed by atoms with van der Waals surface area (Å²) < 4.78 is 26.9. The standard InChI is InChI=1S/C31H23ClFN3O4S/c1-3-39-30(38)27-18(2)35-31-36(28(27)21-8-11-24(33)12-9-21)29(37)26(41-31)15-22-14-23(32)10-13-25(22)40-17-20-6-4-19(16-34)5-7-20/h4-15,28H,3,17H2,1-2H3/b26-15-/t28-/m0/s1. The lowest BCUT2D eigenvalue weighted by Crippen LogP contribution is -2.39. The van der Waals surface area contributed by atoms with Gasteiger partial charge >= 0.3 is 5.97 Å². The van der Waals surface area contributed by atoms with Crippen LogP contribution >= 0.6 is 22.9 Å². The molecule has 2 heterocycles. The smallest absolute Gasteiger partial charge is 0.338 e. The summed E-state index contributed by atoms with van der Waals surface area (Å²) >= 11 is 7.46. The molecule has 7 nitrogen and oxygen atoms in total. The van der Waals surface area contributed by atoms with Crippen LogP contribution in [0.2, 0.25) is 5.02 Å². The summed E-state index contributed by atoms with van der Waals surface area (Å²) in [5.74, 6) is -0.525. The topological polar surface area (TPSA) is 93.7 Å². The lowest BCUT2D eigenvalue weighted by Gasteiger charge is -2.24. The molecule has 5 rings (SSSR count). The number of nitrogens with zero attached hydrogens (tertiary/aromatic N) is 3. The zero-order valence-electron chi connectivity index (χ0n) is 22.1. The van der Waals surface area contributed by atoms with Crippen molar-refractivity contribution in [2.45, 2.75) is 26.5 Å². The number of allylic oxidation sites excluding steroid dienone is 1. The van der Waals surface area contributed by atoms with E-state index in [9.17, 15) is 14.0 Å². The van der Waals surface area contributed by atoms with Crippen molar-refractivity contribution in [1.29, 1.82) is 5.26 Å². The number of fused-ring (bicyclic) bond motifs is 1. The molecule has 0 N–H and O–H groups in total. The van der Waals surface area contributed by atoms with Crippen LogP contribution < -0.4 is 19.6 Å². The molecule has 0 saturated heterocycles. The number of thiazole rings is 1. The monoisotopic (exact) mass is 587 g/mol. The Bertz CT molecular complexity index is 1890. The highest BCUT2D eigenvalue weighted by atomic mass is 35.5. The van der Waals surface area contributed by atoms with Crippen LogP contribution in [-0.2, 0) is 16.1 Å². The molecule has 41 heavy (non-hydrogen) atoms. The second-order valence-corrected chi connectivity index (χ2v) is 10.6. The predicted octanol–water partition coefficient (Wildman–Crippen LogP) is 5.04. The summed E-state index contributed by atoms with van der Waals surface area (Å²) in [4.78, 5) is 31.8. The number of ether oxygens (including phenoxy) is 2. The van der Waals surface area contributed by atoms with Crippen molar-refractivity contribution < 1.29 is 18.7 Å². The van der Waals surface area contributed by atoms with E-state index < -0.39 is 17.8 Å². The second kappa shape index (κ2) is 11.9. The van der Waals surface area contributed by atoms with Crippen LogP contribution in [0.5, 0.6) is 5.75 Å². The Morgan fingerprint density at radius 3 is 2.59 bits per heavy atom. The third-order valence-corrected chi connectivity index (χ3v) is 7.66. The maximum Gasteiger partial charge on any atom is 0.338 e. The Morgan fingerprint density at radius 1 is 1.17 bits per heavy atom. The minimum absolute atomic E-state index is 0.149. The molecule has 10 heteroatoms. The number of hydrogen-bond donors (Lipinski definition) is 0. The van der Waals surface area contributed by atoms with E-state index in [1.165, 1.54) is 16.7 Å². The summed E-state index contributed by atoms with van der Waals surface area (Å²) in [6.07, 6.45) is 1.68. The van der Waals surface area contributed by atoms with Gasteiger partial charge in [0.1, 0.15) is 18.2 Å². The molecule has 1 aliphatic heterocycles. The minimum atomic E-state index is -0.848. The zero-order chi connectivity index (χ0) is 29.1. The molecule has 0 amide bonds. The van der Waals surface area contributed by atoms with E-state index >= 15 is 0 Å². The fourth-order valence-electron chi connectivity index (χ4n) is 4.49. The van der Waals surface area contributed by atoms with Gasteiger partial charge in [0, 0.05) is 10.6 Å². The molecule has 1 aromatic heterocycles. The quantitative estimate of drug-likeness (QED) is 0.282. The SMILES string of the molecule is CCOC(=O)C1=C(C)N=c2s/c(=C\c3cc(Cl)ccc3OCc3ccc(C#N)cc3)c(=O)n2[C@H]1c1ccc(F)cc1. The maximum atomic E-state index is 13.9. The fourth-order valence-corrected chi connectivity index (χ4v) is 5.71. The molecule has 3 aromatic carbocycles. The van der Waals surface area contributed by atoms with Gasteiger partial charge in [0.25, 0.3) is 5.56 Å². The van der Waals surface area contributed by atoms with E-state index in [1.54, 1.807) is 62.4 Å². The molecular weight excluding hydrogens is 565 g/mol. The van der Waals surface area contributed by atoms with E-state index in [2.05, 4.69) is 11.1 Å². The number of benzene rings is 3. The van der Waals surface area contributed by atoms with Crippen LogP contribution in [0.25, 0.3) is 6.08 Å². The average Bonchev–Trinajstić information content (AvgIpc) is 3.26. The molecule has 1 aliphatic rings. The van der Waals surface area contributed by atoms with Gasteiger partial charge in [-0.15, -0.1) is 0 Å². The number of carbonyl (C=O) groups excluding carboxylic acids is 1. The molecule has 0 radical (unpaired) electrons. The molecule has 0 aliphatic carbocycles. The highest BCUT2D eigenvalue weighted by Gasteiger charge is 2.33. The van der Waals surface area contributed by atoms with Gasteiger partial charge in [-0.2, -0.15) is 5.26 Å². The molecule has 0 unspecified atom stereocenters. The normalized spacial score (nSPS) is 14.7. The summed E-state index contributed by atoms with van der Waals surface area (Å²) in [7, 11) is 0. The van der Waals surface area contributed by atoms with Crippen LogP contribution in [-0.4, -0.2) is 17.1 Å². The summed E-state index contributed by atoms with van der Waals surface area (Å²) in [5, 5.41) is 9.48. The number of hydrogen-bond acceptors (Lipinski definition) is 7. The van der Waals surface area contributed by atoms with Gasteiger partial charge in [-0.25, -0.2) is 14.2 Å². The molecule has 0 fully saturated rings. The van der Waals surface area contributed by atoms with Gasteiger partial charge in [-0.05, 0) is 73.5 Å². The van der Waals surface area contributed by atoms with Gasteiger partial charge in [0.15, 0.2) is 4.80 Å². The lowest BCUT2D eigenvalue weighted by molar-refractivity contribution is -0.139. The lowest BCUT2D eigenvalue weighted by atomic mass is 9.96. The number of esters is 1. The van der Waals surface area contributed by atoms with E-state index in [4.69, 9.17) is 26.3 Å². The zero-order valence-corrected chi connectivity index (χ0v) is 23.6. The van der Waals surface area contributed by atoms with Gasteiger partial charge in [-0.1, -0.05) is 47.2 Å². The predicted molar refractivity (Wildman–Crippen MR) is 154 cm³/mol. The largest absolute Gasteiger partial charge is 0.488 e. The van der Waals surface area contributed by atoms with E-state index in [0.717, 1.165) is 16.9 Å². The van der Waals surface area contributed by atoms with Crippen molar-refractivity contribution in [3.05, 3.63) is 131 Å². The maximum absolute atomic E-state index is 13.9. The first-order valence-electron chi connectivity index (χ1n) is 12.7. The first-order chi connectivity index (χ1) is 19.8. The number of nitriles is 1. The Hall–Kier alpha value is -4.52. The molecule has 1 atom stereocenters. The van der Waals surface area contributed by atoms with Gasteiger partial charge in [-0.3, -0.25) is 9.36 Å². The molecular formula is C31H23ClFN3O4S. The number of halogens is 2. The Morgan fingerprint density at radius 2 is 1.90 bits per heavy atom. The highest BCUT2D eigenvalue weighted by molar-refractivity contribution is 7.07. The average molecular weight is 588 g/mol. The van der Waals surface area contributed by atoms with Gasteiger partial charge < -0.3 is 9.47 Å². The molecule has 206 valence electrons. The van der Waals surface area contributed by atoms with Crippen molar-refractivity contribution in [1.82, 2.24) is 4.57 Å². The number of rotatable bonds is 7. The van der Waals surface area contributed by atoms with Crippen molar-refractivity contribution in [2.75, 3.05) is 6.61 Å². The first-order valence-corrected chi connectivity index (χ1v) is 13.8. The highest BCUT2D eigenvalue weighted by Crippen LogP contribution is 2.31. The van der Waals surface area contributed by atoms with Crippen molar-refractivity contribution in [2.24, 2.45) is 4.99 Å².